The Morgan fingerprint density at radius 2 is 0.953 bits per heavy atom. The molecule has 1 aliphatic rings. The lowest BCUT2D eigenvalue weighted by Crippen LogP contribution is -3.00. The summed E-state index contributed by atoms with van der Waals surface area (Å²) in [6.07, 6.45) is 9.19. The molecule has 0 amide bonds. The quantitative estimate of drug-likeness (QED) is 0.0219. The van der Waals surface area contributed by atoms with Crippen LogP contribution in [0.25, 0.3) is 0 Å². The molecule has 0 spiro atoms. The van der Waals surface area contributed by atoms with Crippen molar-refractivity contribution in [2.24, 2.45) is 0 Å². The number of carbonyl (C=O) groups is 4. The summed E-state index contributed by atoms with van der Waals surface area (Å²) < 4.78 is 83.9. The van der Waals surface area contributed by atoms with Gasteiger partial charge in [0.05, 0.1) is 30.0 Å². The summed E-state index contributed by atoms with van der Waals surface area (Å²) in [5.74, 6) is 1.58. The molecule has 3 atom stereocenters. The number of Topliss-reactive ketones (excluding diaryl/α,β-unsaturated/α-hetero) is 3. The van der Waals surface area contributed by atoms with Crippen molar-refractivity contribution < 1.29 is 92.4 Å². The Balaban J connectivity index is -0.00000113. The third-order valence-electron chi connectivity index (χ3n) is 15.2. The van der Waals surface area contributed by atoms with E-state index in [9.17, 15) is 41.4 Å². The number of ether oxygens (including phenoxy) is 4. The van der Waals surface area contributed by atoms with E-state index >= 15 is 0 Å². The molecule has 8 aromatic rings. The maximum Gasteiger partial charge on any atom is 0.290 e. The molecular weight excluding hydrogens is 1550 g/mol. The molecule has 1 aliphatic heterocycles. The number of rotatable bonds is 20. The third kappa shape index (κ3) is 48.5. The molecule has 0 radical (unpaired) electrons. The summed E-state index contributed by atoms with van der Waals surface area (Å²) in [5.41, 5.74) is 3.81. The fraction of sp³-hybridized carbons (Fsp3) is 0.341. The molecule has 9 rings (SSSR count). The van der Waals surface area contributed by atoms with Gasteiger partial charge in [0.15, 0.2) is 11.9 Å². The molecule has 0 saturated carbocycles. The number of methoxy groups -OCH3 is 1. The van der Waals surface area contributed by atoms with Gasteiger partial charge in [0.25, 0.3) is 6.47 Å². The fourth-order valence-corrected chi connectivity index (χ4v) is 10.5. The number of carboxylic acid groups (broad SMARTS) is 1. The number of carbonyl (C=O) groups excluding carboxylic acids is 3. The minimum absolute atomic E-state index is 0. The van der Waals surface area contributed by atoms with E-state index in [1.165, 1.54) is 108 Å². The number of aromatic hydroxyl groups is 2. The Labute approximate surface area is 657 Å². The summed E-state index contributed by atoms with van der Waals surface area (Å²) in [6.45, 7) is 29.1. The van der Waals surface area contributed by atoms with E-state index in [0.717, 1.165) is 49.0 Å². The van der Waals surface area contributed by atoms with Crippen LogP contribution in [0.3, 0.4) is 0 Å². The molecule has 11 nitrogen and oxygen atoms in total. The number of hydrogen-bond acceptors (Lipinski definition) is 10. The topological polar surface area (TPSA) is 166 Å². The molecule has 3 unspecified atom stereocenters. The Kier molecular flexibility index (Phi) is 60.3. The normalized spacial score (nSPS) is 11.6. The van der Waals surface area contributed by atoms with E-state index in [0.29, 0.717) is 54.9 Å². The van der Waals surface area contributed by atoms with Crippen LogP contribution in [-0.2, 0) is 36.8 Å². The van der Waals surface area contributed by atoms with Crippen molar-refractivity contribution >= 4 is 81.5 Å². The van der Waals surface area contributed by atoms with Gasteiger partial charge in [-0.2, -0.15) is 0 Å². The maximum atomic E-state index is 13.0. The summed E-state index contributed by atoms with van der Waals surface area (Å²) in [6, 6.07) is 59.0. The van der Waals surface area contributed by atoms with E-state index in [1.807, 2.05) is 97.9 Å². The number of allylic oxidation sites excluding steroid dienone is 2. The standard InChI is InChI=1S/C13H13P.3C12H15FO.C11H13FO2.C6H5FO.C6H6.C5H9BrO.C5H10O.C2H4Cl2O.CH2O2.BrH/c1-14(12-8-4-2-5-9-12)13-10-6-3-7-11-13;1-3-12(4-2)8-9-7-10(13)5-6-11(9)14-12;1-4-9(2)10(3)14-12-7-5-11(13)6-8-12;1-3-9(4-2)7-10-8-11(13)5-6-12(10)14;1-3-11(13)8(2)14-10-6-4-9(12)5-7-10;7-5-1-3-6(8)4-2-5;1-2-4-6-5-3-1;1-3-5(7)4(2)6;1-3-5(6)4-2;1-5-2(3)4;2-1-3;/h2-11H,1H3;5-7H,3-4,8H2,1-2H3;5-8,10H,2,4H2,1,3H3;3,5-6,8,14H,4,7H2,1-2H3;4-8H,3H2,1-2H3;1-4,8H;1-6H;4H,3H2,1-2H3;3-4H2,1-2H3;2H,1H3;1H,(H,2,3);1H/b;;;9-3+;;;;;;;;. The number of ketones is 3. The molecule has 582 valence electrons. The molecule has 0 aromatic heterocycles. The van der Waals surface area contributed by atoms with Crippen molar-refractivity contribution in [2.45, 2.75) is 175 Å². The molecule has 0 bridgehead atoms. The number of phenols is 2. The third-order valence-corrected chi connectivity index (χ3v) is 18.5. The number of benzene rings is 8. The second-order valence-electron chi connectivity index (χ2n) is 22.7. The predicted octanol–water partition coefficient (Wildman–Crippen LogP) is 19.8. The van der Waals surface area contributed by atoms with Crippen molar-refractivity contribution in [1.82, 2.24) is 0 Å². The van der Waals surface area contributed by atoms with Crippen LogP contribution in [0.15, 0.2) is 230 Å². The average Bonchev–Trinajstić information content (AvgIpc) is 1.65. The highest BCUT2D eigenvalue weighted by Gasteiger charge is 2.36. The van der Waals surface area contributed by atoms with Crippen molar-refractivity contribution in [2.75, 3.05) is 13.8 Å². The molecule has 0 fully saturated rings. The van der Waals surface area contributed by atoms with Gasteiger partial charge < -0.3 is 51.2 Å². The smallest absolute Gasteiger partial charge is 0.290 e. The second-order valence-corrected chi connectivity index (χ2v) is 27.5. The molecule has 21 heteroatoms. The lowest BCUT2D eigenvalue weighted by Gasteiger charge is -2.25. The van der Waals surface area contributed by atoms with Crippen LogP contribution in [0, 0.1) is 29.1 Å². The van der Waals surface area contributed by atoms with Gasteiger partial charge in [0.1, 0.15) is 81.1 Å². The molecule has 3 N–H and O–H groups in total. The largest absolute Gasteiger partial charge is 1.00 e. The van der Waals surface area contributed by atoms with E-state index in [4.69, 9.17) is 52.4 Å². The van der Waals surface area contributed by atoms with Crippen LogP contribution >= 0.6 is 47.1 Å². The molecule has 0 aliphatic carbocycles. The van der Waals surface area contributed by atoms with Gasteiger partial charge in [0.2, 0.25) is 5.02 Å². The number of hydrogen-bond donors (Lipinski definition) is 3. The van der Waals surface area contributed by atoms with Crippen molar-refractivity contribution in [3.63, 3.8) is 0 Å². The SMILES string of the molecule is C/C=C(\CC)Cc1cc(F)ccc1O.C=C(CC)C(C)Oc1ccc(F)cc1.CCC(=O)C(C)Br.CCC(=O)C(C)Oc1ccc(F)cc1.CCC(=O)CC.CCC1(CC)Cc2cc(F)ccc2O1.COC(Cl)Cl.C[PH+](c1ccccc1)c1ccccc1.O=CO.Oc1ccc(F)cc1.[Br-].c1ccccc1. The van der Waals surface area contributed by atoms with E-state index in [-0.39, 0.29) is 92.1 Å². The number of alkyl halides is 3. The first kappa shape index (κ1) is 102. The lowest BCUT2D eigenvalue weighted by atomic mass is 9.92. The minimum Gasteiger partial charge on any atom is -1.00 e. The Morgan fingerprint density at radius 1 is 0.575 bits per heavy atom. The van der Waals surface area contributed by atoms with E-state index < -0.39 is 19.0 Å². The minimum atomic E-state index is -0.671. The number of halogens is 9. The summed E-state index contributed by atoms with van der Waals surface area (Å²) in [4.78, 5) is 40.2. The molecular formula is C85H108Br2Cl2F5O11P. The molecule has 1 heterocycles. The molecule has 106 heavy (non-hydrogen) atoms. The van der Waals surface area contributed by atoms with Gasteiger partial charge in [-0.3, -0.25) is 19.2 Å². The number of fused-ring (bicyclic) bond motifs is 1. The summed E-state index contributed by atoms with van der Waals surface area (Å²) in [7, 11) is 0.890. The van der Waals surface area contributed by atoms with Crippen LogP contribution in [0.2, 0.25) is 0 Å². The Hall–Kier alpha value is -7.70. The van der Waals surface area contributed by atoms with Crippen LogP contribution in [0.1, 0.15) is 146 Å². The van der Waals surface area contributed by atoms with E-state index in [2.05, 4.69) is 108 Å². The highest BCUT2D eigenvalue weighted by molar-refractivity contribution is 9.10. The van der Waals surface area contributed by atoms with Gasteiger partial charge in [-0.1, -0.05) is 186 Å². The van der Waals surface area contributed by atoms with Gasteiger partial charge in [-0.05, 0) is 199 Å². The molecule has 8 aromatic carbocycles. The predicted molar refractivity (Wildman–Crippen MR) is 429 cm³/mol. The zero-order valence-electron chi connectivity index (χ0n) is 63.4. The van der Waals surface area contributed by atoms with Crippen LogP contribution in [0.4, 0.5) is 22.0 Å². The van der Waals surface area contributed by atoms with Crippen LogP contribution in [0.5, 0.6) is 28.7 Å². The van der Waals surface area contributed by atoms with Crippen LogP contribution in [-0.4, -0.2) is 80.6 Å². The monoisotopic (exact) mass is 1660 g/mol. The van der Waals surface area contributed by atoms with Crippen molar-refractivity contribution in [1.29, 1.82) is 0 Å². The van der Waals surface area contributed by atoms with Crippen LogP contribution < -0.4 is 41.8 Å². The first-order valence-electron chi connectivity index (χ1n) is 34.6. The summed E-state index contributed by atoms with van der Waals surface area (Å²) in [5, 5.41) is 27.2. The first-order chi connectivity index (χ1) is 50.0. The zero-order chi connectivity index (χ0) is 79.7. The summed E-state index contributed by atoms with van der Waals surface area (Å²) >= 11 is 13.2. The van der Waals surface area contributed by atoms with Gasteiger partial charge in [-0.25, -0.2) is 22.0 Å². The van der Waals surface area contributed by atoms with Crippen molar-refractivity contribution in [3.8, 4) is 28.7 Å². The lowest BCUT2D eigenvalue weighted by molar-refractivity contribution is -0.125. The van der Waals surface area contributed by atoms with Gasteiger partial charge in [-0.15, -0.1) is 0 Å². The van der Waals surface area contributed by atoms with Gasteiger partial charge >= 0.3 is 0 Å². The first-order valence-corrected chi connectivity index (χ1v) is 38.4. The Morgan fingerprint density at radius 3 is 1.28 bits per heavy atom. The Bertz CT molecular complexity index is 3460. The van der Waals surface area contributed by atoms with Gasteiger partial charge in [0, 0.05) is 50.3 Å². The zero-order valence-corrected chi connectivity index (χ0v) is 69.1. The maximum absolute atomic E-state index is 13.0. The number of phenolic OH excluding ortho intramolecular Hbond substituents is 2. The highest BCUT2D eigenvalue weighted by Crippen LogP contribution is 2.39. The average molecular weight is 1660 g/mol. The second kappa shape index (κ2) is 62.3. The molecule has 0 saturated heterocycles. The van der Waals surface area contributed by atoms with E-state index in [1.54, 1.807) is 38.1 Å². The fourth-order valence-electron chi connectivity index (χ4n) is 8.48. The highest BCUT2D eigenvalue weighted by atomic mass is 79.9. The van der Waals surface area contributed by atoms with Crippen molar-refractivity contribution in [3.05, 3.63) is 270 Å².